The molecule has 0 bridgehead atoms. The Hall–Kier alpha value is -3.39. The first-order chi connectivity index (χ1) is 16.7. The van der Waals surface area contributed by atoms with E-state index in [9.17, 15) is 14.4 Å². The topological polar surface area (TPSA) is 114 Å². The molecule has 3 N–H and O–H groups in total. The molecule has 188 valence electrons. The highest BCUT2D eigenvalue weighted by molar-refractivity contribution is 5.83. The van der Waals surface area contributed by atoms with E-state index in [2.05, 4.69) is 34.9 Å². The molecule has 1 aliphatic carbocycles. The van der Waals surface area contributed by atoms with Crippen LogP contribution in [0.3, 0.4) is 0 Å². The van der Waals surface area contributed by atoms with Crippen molar-refractivity contribution in [1.82, 2.24) is 10.6 Å². The highest BCUT2D eigenvalue weighted by Crippen LogP contribution is 2.44. The number of alkyl carbamates (subject to hydrolysis) is 1. The summed E-state index contributed by atoms with van der Waals surface area (Å²) in [6.45, 7) is 4.59. The number of carboxylic acids is 1. The van der Waals surface area contributed by atoms with Gasteiger partial charge in [-0.25, -0.2) is 9.59 Å². The minimum absolute atomic E-state index is 0.0100. The molecule has 0 saturated heterocycles. The molecule has 1 unspecified atom stereocenters. The zero-order valence-corrected chi connectivity index (χ0v) is 20.5. The third-order valence-corrected chi connectivity index (χ3v) is 6.41. The lowest BCUT2D eigenvalue weighted by Crippen LogP contribution is -2.44. The third-order valence-electron chi connectivity index (χ3n) is 6.41. The van der Waals surface area contributed by atoms with Crippen LogP contribution in [0.15, 0.2) is 48.5 Å². The predicted octanol–water partition coefficient (Wildman–Crippen LogP) is 3.94. The van der Waals surface area contributed by atoms with Crippen molar-refractivity contribution in [2.75, 3.05) is 26.9 Å². The average molecular weight is 483 g/mol. The number of rotatable bonds is 12. The van der Waals surface area contributed by atoms with Crippen LogP contribution in [0.5, 0.6) is 0 Å². The van der Waals surface area contributed by atoms with E-state index in [0.29, 0.717) is 19.4 Å². The maximum atomic E-state index is 12.4. The molecule has 0 aliphatic heterocycles. The molecule has 0 radical (unpaired) electrons. The SMILES string of the molecule is COCC(NC(=O)CCC(C)(C)CCNC(=O)OCC1c2ccccc2-c2ccccc21)C(=O)O. The molecule has 0 fully saturated rings. The van der Waals surface area contributed by atoms with Crippen molar-refractivity contribution in [2.24, 2.45) is 5.41 Å². The lowest BCUT2D eigenvalue weighted by molar-refractivity contribution is -0.143. The Labute approximate surface area is 206 Å². The highest BCUT2D eigenvalue weighted by atomic mass is 16.5. The number of hydrogen-bond donors (Lipinski definition) is 3. The van der Waals surface area contributed by atoms with Crippen LogP contribution in [-0.4, -0.2) is 56.0 Å². The molecule has 0 spiro atoms. The minimum atomic E-state index is -1.13. The monoisotopic (exact) mass is 482 g/mol. The van der Waals surface area contributed by atoms with Crippen molar-refractivity contribution in [3.05, 3.63) is 59.7 Å². The molecule has 3 rings (SSSR count). The van der Waals surface area contributed by atoms with Crippen LogP contribution in [0.25, 0.3) is 11.1 Å². The zero-order chi connectivity index (χ0) is 25.4. The summed E-state index contributed by atoms with van der Waals surface area (Å²) >= 11 is 0. The number of nitrogens with one attached hydrogen (secondary N) is 2. The van der Waals surface area contributed by atoms with Crippen LogP contribution < -0.4 is 10.6 Å². The van der Waals surface area contributed by atoms with Gasteiger partial charge in [-0.05, 0) is 40.5 Å². The lowest BCUT2D eigenvalue weighted by atomic mass is 9.84. The van der Waals surface area contributed by atoms with Crippen molar-refractivity contribution < 1.29 is 29.0 Å². The summed E-state index contributed by atoms with van der Waals surface area (Å²) in [5, 5.41) is 14.4. The number of carbonyl (C=O) groups excluding carboxylic acids is 2. The first-order valence-electron chi connectivity index (χ1n) is 11.8. The van der Waals surface area contributed by atoms with E-state index in [4.69, 9.17) is 14.6 Å². The van der Waals surface area contributed by atoms with Gasteiger partial charge >= 0.3 is 12.1 Å². The Morgan fingerprint density at radius 2 is 1.60 bits per heavy atom. The average Bonchev–Trinajstić information content (AvgIpc) is 3.15. The van der Waals surface area contributed by atoms with E-state index in [1.807, 2.05) is 38.1 Å². The van der Waals surface area contributed by atoms with Crippen LogP contribution in [0.4, 0.5) is 4.79 Å². The van der Waals surface area contributed by atoms with Crippen LogP contribution in [-0.2, 0) is 19.1 Å². The smallest absolute Gasteiger partial charge is 0.407 e. The van der Waals surface area contributed by atoms with Gasteiger partial charge in [0.1, 0.15) is 6.61 Å². The highest BCUT2D eigenvalue weighted by Gasteiger charge is 2.29. The third kappa shape index (κ3) is 7.05. The minimum Gasteiger partial charge on any atom is -0.480 e. The zero-order valence-electron chi connectivity index (χ0n) is 20.5. The Kier molecular flexibility index (Phi) is 8.87. The van der Waals surface area contributed by atoms with Gasteiger partial charge in [0, 0.05) is 26.0 Å². The number of hydrogen-bond acceptors (Lipinski definition) is 5. The Bertz CT molecular complexity index is 1010. The van der Waals surface area contributed by atoms with Gasteiger partial charge < -0.3 is 25.2 Å². The summed E-state index contributed by atoms with van der Waals surface area (Å²) in [6, 6.07) is 15.3. The van der Waals surface area contributed by atoms with Gasteiger partial charge in [-0.1, -0.05) is 62.4 Å². The van der Waals surface area contributed by atoms with Crippen molar-refractivity contribution in [2.45, 2.75) is 45.1 Å². The molecule has 35 heavy (non-hydrogen) atoms. The van der Waals surface area contributed by atoms with Crippen LogP contribution in [0.2, 0.25) is 0 Å². The molecule has 0 aromatic heterocycles. The molecular formula is C27H34N2O6. The van der Waals surface area contributed by atoms with Gasteiger partial charge in [-0.3, -0.25) is 4.79 Å². The van der Waals surface area contributed by atoms with Gasteiger partial charge in [0.2, 0.25) is 5.91 Å². The van der Waals surface area contributed by atoms with Gasteiger partial charge in [0.15, 0.2) is 6.04 Å². The fourth-order valence-corrected chi connectivity index (χ4v) is 4.34. The van der Waals surface area contributed by atoms with Gasteiger partial charge in [-0.15, -0.1) is 0 Å². The maximum absolute atomic E-state index is 12.4. The molecule has 2 amide bonds. The summed E-state index contributed by atoms with van der Waals surface area (Å²) in [6.07, 6.45) is 0.908. The van der Waals surface area contributed by atoms with Gasteiger partial charge in [-0.2, -0.15) is 0 Å². The van der Waals surface area contributed by atoms with Crippen molar-refractivity contribution >= 4 is 18.0 Å². The molecule has 2 aromatic rings. The summed E-state index contributed by atoms with van der Waals surface area (Å²) in [5.41, 5.74) is 4.46. The number of ether oxygens (including phenoxy) is 2. The Balaban J connectivity index is 1.42. The van der Waals surface area contributed by atoms with Crippen LogP contribution in [0, 0.1) is 5.41 Å². The van der Waals surface area contributed by atoms with Crippen molar-refractivity contribution in [3.8, 4) is 11.1 Å². The largest absolute Gasteiger partial charge is 0.480 e. The molecule has 8 nitrogen and oxygen atoms in total. The van der Waals surface area contributed by atoms with Crippen molar-refractivity contribution in [1.29, 1.82) is 0 Å². The van der Waals surface area contributed by atoms with E-state index in [1.54, 1.807) is 0 Å². The van der Waals surface area contributed by atoms with E-state index < -0.39 is 18.1 Å². The second-order valence-corrected chi connectivity index (χ2v) is 9.58. The van der Waals surface area contributed by atoms with Crippen LogP contribution >= 0.6 is 0 Å². The normalized spacial score (nSPS) is 13.5. The van der Waals surface area contributed by atoms with Crippen LogP contribution in [0.1, 0.15) is 50.2 Å². The first-order valence-corrected chi connectivity index (χ1v) is 11.8. The second-order valence-electron chi connectivity index (χ2n) is 9.58. The summed E-state index contributed by atoms with van der Waals surface area (Å²) in [4.78, 5) is 35.6. The fraction of sp³-hybridized carbons (Fsp3) is 0.444. The number of benzene rings is 2. The van der Waals surface area contributed by atoms with E-state index in [0.717, 1.165) is 11.1 Å². The Morgan fingerprint density at radius 1 is 1.00 bits per heavy atom. The van der Waals surface area contributed by atoms with E-state index in [-0.39, 0.29) is 36.9 Å². The van der Waals surface area contributed by atoms with Gasteiger partial charge in [0.05, 0.1) is 6.61 Å². The number of carboxylic acid groups (broad SMARTS) is 1. The van der Waals surface area contributed by atoms with E-state index in [1.165, 1.54) is 18.2 Å². The molecular weight excluding hydrogens is 448 g/mol. The number of amides is 2. The summed E-state index contributed by atoms with van der Waals surface area (Å²) in [7, 11) is 1.38. The first kappa shape index (κ1) is 26.2. The number of aliphatic carboxylic acids is 1. The standard InChI is InChI=1S/C27H34N2O6/c1-27(2,13-12-24(30)29-23(17-34-3)25(31)32)14-15-28-26(33)35-16-22-20-10-6-4-8-18(20)19-9-5-7-11-21(19)22/h4-11,22-23H,12-17H2,1-3H3,(H,28,33)(H,29,30)(H,31,32). The molecule has 1 aliphatic rings. The summed E-state index contributed by atoms with van der Waals surface area (Å²) < 4.78 is 10.4. The van der Waals surface area contributed by atoms with Gasteiger partial charge in [0.25, 0.3) is 0 Å². The Morgan fingerprint density at radius 3 is 2.17 bits per heavy atom. The second kappa shape index (κ2) is 11.8. The molecule has 2 aromatic carbocycles. The lowest BCUT2D eigenvalue weighted by Gasteiger charge is -2.25. The maximum Gasteiger partial charge on any atom is 0.407 e. The quantitative estimate of drug-likeness (QED) is 0.422. The molecule has 0 heterocycles. The molecule has 1 atom stereocenters. The fourth-order valence-electron chi connectivity index (χ4n) is 4.34. The number of fused-ring (bicyclic) bond motifs is 3. The number of methoxy groups -OCH3 is 1. The van der Waals surface area contributed by atoms with Crippen molar-refractivity contribution in [3.63, 3.8) is 0 Å². The summed E-state index contributed by atoms with van der Waals surface area (Å²) in [5.74, 6) is -1.46. The molecule has 8 heteroatoms. The molecule has 0 saturated carbocycles. The van der Waals surface area contributed by atoms with E-state index >= 15 is 0 Å². The number of carbonyl (C=O) groups is 3. The predicted molar refractivity (Wildman–Crippen MR) is 132 cm³/mol.